The first-order chi connectivity index (χ1) is 9.56. The fraction of sp³-hybridized carbons (Fsp3) is 0.824. The molecule has 1 atom stereocenters. The van der Waals surface area contributed by atoms with E-state index < -0.39 is 6.29 Å². The van der Waals surface area contributed by atoms with Crippen molar-refractivity contribution in [2.75, 3.05) is 0 Å². The molecular weight excluding hydrogens is 252 g/mol. The van der Waals surface area contributed by atoms with Crippen molar-refractivity contribution in [2.24, 2.45) is 29.6 Å². The molecule has 4 rings (SSSR count). The van der Waals surface area contributed by atoms with Crippen LogP contribution in [0.1, 0.15) is 46.0 Å². The van der Waals surface area contributed by atoms with Gasteiger partial charge in [-0.2, -0.15) is 0 Å². The molecular formula is C17H26O3. The average Bonchev–Trinajstić information content (AvgIpc) is 2.40. The minimum absolute atomic E-state index is 0.177. The summed E-state index contributed by atoms with van der Waals surface area (Å²) >= 11 is 0. The second-order valence-corrected chi connectivity index (χ2v) is 7.28. The van der Waals surface area contributed by atoms with Crippen molar-refractivity contribution in [3.63, 3.8) is 0 Å². The summed E-state index contributed by atoms with van der Waals surface area (Å²) in [7, 11) is 0. The highest BCUT2D eigenvalue weighted by Gasteiger charge is 2.49. The lowest BCUT2D eigenvalue weighted by Crippen LogP contribution is -2.51. The van der Waals surface area contributed by atoms with E-state index in [4.69, 9.17) is 9.47 Å². The molecule has 0 aliphatic heterocycles. The Balaban J connectivity index is 1.66. The number of carbonyl (C=O) groups excluding carboxylic acids is 1. The summed E-state index contributed by atoms with van der Waals surface area (Å²) in [6.07, 6.45) is 7.80. The normalized spacial score (nSPS) is 39.9. The lowest BCUT2D eigenvalue weighted by molar-refractivity contribution is -0.234. The minimum atomic E-state index is -0.428. The topological polar surface area (TPSA) is 35.5 Å². The first-order valence-corrected chi connectivity index (χ1v) is 8.05. The third-order valence-electron chi connectivity index (χ3n) is 5.37. The first kappa shape index (κ1) is 14.1. The van der Waals surface area contributed by atoms with Crippen LogP contribution in [0.4, 0.5) is 0 Å². The van der Waals surface area contributed by atoms with Crippen molar-refractivity contribution in [2.45, 2.75) is 58.3 Å². The van der Waals surface area contributed by atoms with Gasteiger partial charge in [0.05, 0.1) is 6.10 Å². The third-order valence-corrected chi connectivity index (χ3v) is 5.37. The molecule has 0 aromatic carbocycles. The van der Waals surface area contributed by atoms with Gasteiger partial charge in [0.25, 0.3) is 0 Å². The van der Waals surface area contributed by atoms with Crippen LogP contribution in [0.25, 0.3) is 0 Å². The summed E-state index contributed by atoms with van der Waals surface area (Å²) in [5.41, 5.74) is 0. The molecule has 3 nitrogen and oxygen atoms in total. The Labute approximate surface area is 121 Å². The minimum Gasteiger partial charge on any atom is -0.432 e. The molecule has 0 aromatic heterocycles. The zero-order valence-corrected chi connectivity index (χ0v) is 12.6. The molecule has 0 N–H and O–H groups in total. The molecule has 0 aromatic rings. The molecule has 4 fully saturated rings. The number of hydrogen-bond donors (Lipinski definition) is 0. The van der Waals surface area contributed by atoms with E-state index in [1.807, 2.05) is 13.8 Å². The smallest absolute Gasteiger partial charge is 0.332 e. The highest BCUT2D eigenvalue weighted by Crippen LogP contribution is 2.55. The Morgan fingerprint density at radius 1 is 1.10 bits per heavy atom. The Bertz CT molecular complexity index is 360. The number of carbonyl (C=O) groups is 1. The van der Waals surface area contributed by atoms with Crippen LogP contribution in [0, 0.1) is 29.6 Å². The van der Waals surface area contributed by atoms with Gasteiger partial charge in [-0.25, -0.2) is 4.79 Å². The van der Waals surface area contributed by atoms with Gasteiger partial charge in [0.2, 0.25) is 6.29 Å². The number of ether oxygens (including phenoxy) is 2. The predicted octanol–water partition coefficient (Wildman–Crippen LogP) is 3.54. The Morgan fingerprint density at radius 3 is 2.10 bits per heavy atom. The van der Waals surface area contributed by atoms with Crippen LogP contribution in [0.3, 0.4) is 0 Å². The molecule has 0 amide bonds. The molecule has 4 aliphatic rings. The van der Waals surface area contributed by atoms with Crippen molar-refractivity contribution >= 4 is 5.97 Å². The van der Waals surface area contributed by atoms with Crippen molar-refractivity contribution in [3.05, 3.63) is 12.7 Å². The van der Waals surface area contributed by atoms with E-state index in [1.54, 1.807) is 0 Å². The molecule has 4 bridgehead atoms. The maximum atomic E-state index is 11.5. The van der Waals surface area contributed by atoms with Gasteiger partial charge in [-0.1, -0.05) is 20.4 Å². The van der Waals surface area contributed by atoms with Gasteiger partial charge in [-0.15, -0.1) is 0 Å². The van der Waals surface area contributed by atoms with Crippen LogP contribution in [0.5, 0.6) is 0 Å². The van der Waals surface area contributed by atoms with Crippen molar-refractivity contribution in [1.82, 2.24) is 0 Å². The van der Waals surface area contributed by atoms with Crippen LogP contribution < -0.4 is 0 Å². The number of hydrogen-bond acceptors (Lipinski definition) is 3. The number of rotatable bonds is 5. The Morgan fingerprint density at radius 2 is 1.65 bits per heavy atom. The summed E-state index contributed by atoms with van der Waals surface area (Å²) in [5, 5.41) is 0. The van der Waals surface area contributed by atoms with Gasteiger partial charge < -0.3 is 9.47 Å². The largest absolute Gasteiger partial charge is 0.432 e. The van der Waals surface area contributed by atoms with Gasteiger partial charge in [0.15, 0.2) is 0 Å². The monoisotopic (exact) mass is 278 g/mol. The van der Waals surface area contributed by atoms with E-state index in [0.717, 1.165) is 11.8 Å². The van der Waals surface area contributed by atoms with Gasteiger partial charge in [-0.3, -0.25) is 0 Å². The van der Waals surface area contributed by atoms with Crippen molar-refractivity contribution in [1.29, 1.82) is 0 Å². The van der Waals surface area contributed by atoms with E-state index in [2.05, 4.69) is 6.58 Å². The highest BCUT2D eigenvalue weighted by atomic mass is 16.7. The van der Waals surface area contributed by atoms with Crippen LogP contribution >= 0.6 is 0 Å². The Hall–Kier alpha value is -0.830. The second-order valence-electron chi connectivity index (χ2n) is 7.28. The molecule has 112 valence electrons. The van der Waals surface area contributed by atoms with Gasteiger partial charge in [0.1, 0.15) is 0 Å². The molecule has 4 saturated carbocycles. The van der Waals surface area contributed by atoms with E-state index in [-0.39, 0.29) is 11.9 Å². The van der Waals surface area contributed by atoms with E-state index in [1.165, 1.54) is 38.2 Å². The van der Waals surface area contributed by atoms with Crippen molar-refractivity contribution < 1.29 is 14.3 Å². The van der Waals surface area contributed by atoms with Crippen LogP contribution in [0.2, 0.25) is 0 Å². The predicted molar refractivity (Wildman–Crippen MR) is 76.8 cm³/mol. The standard InChI is InChI=1S/C17H26O3/c1-4-15(18)19-17(10(2)3)20-16-13-6-11-5-12(8-13)9-14(16)7-11/h4,10-14,16-17H,1,5-9H2,2-3H3. The molecule has 4 aliphatic carbocycles. The zero-order valence-electron chi connectivity index (χ0n) is 12.6. The molecule has 0 radical (unpaired) electrons. The van der Waals surface area contributed by atoms with Crippen LogP contribution in [-0.4, -0.2) is 18.4 Å². The molecule has 0 heterocycles. The fourth-order valence-electron chi connectivity index (χ4n) is 4.74. The lowest BCUT2D eigenvalue weighted by atomic mass is 9.55. The summed E-state index contributed by atoms with van der Waals surface area (Å²) in [4.78, 5) is 11.5. The molecule has 20 heavy (non-hydrogen) atoms. The van der Waals surface area contributed by atoms with Gasteiger partial charge in [0, 0.05) is 12.0 Å². The quantitative estimate of drug-likeness (QED) is 0.438. The summed E-state index contributed by atoms with van der Waals surface area (Å²) in [6.45, 7) is 7.54. The first-order valence-electron chi connectivity index (χ1n) is 8.05. The lowest BCUT2D eigenvalue weighted by Gasteiger charge is -2.54. The molecule has 3 heteroatoms. The summed E-state index contributed by atoms with van der Waals surface area (Å²) < 4.78 is 11.7. The maximum Gasteiger partial charge on any atom is 0.332 e. The second kappa shape index (κ2) is 5.51. The average molecular weight is 278 g/mol. The third kappa shape index (κ3) is 2.65. The SMILES string of the molecule is C=CC(=O)OC(OC1C2CC3CC(C2)CC1C3)C(C)C. The Kier molecular flexibility index (Phi) is 3.89. The van der Waals surface area contributed by atoms with Gasteiger partial charge in [-0.05, 0) is 55.8 Å². The highest BCUT2D eigenvalue weighted by molar-refractivity contribution is 5.81. The molecule has 0 saturated heterocycles. The van der Waals surface area contributed by atoms with Crippen LogP contribution in [-0.2, 0) is 14.3 Å². The zero-order chi connectivity index (χ0) is 14.3. The van der Waals surface area contributed by atoms with E-state index in [0.29, 0.717) is 17.9 Å². The molecule has 0 spiro atoms. The van der Waals surface area contributed by atoms with Crippen molar-refractivity contribution in [3.8, 4) is 0 Å². The summed E-state index contributed by atoms with van der Waals surface area (Å²) in [5.74, 6) is 3.05. The molecule has 1 unspecified atom stereocenters. The maximum absolute atomic E-state index is 11.5. The fourth-order valence-corrected chi connectivity index (χ4v) is 4.74. The van der Waals surface area contributed by atoms with Crippen LogP contribution in [0.15, 0.2) is 12.7 Å². The van der Waals surface area contributed by atoms with E-state index >= 15 is 0 Å². The number of esters is 1. The van der Waals surface area contributed by atoms with E-state index in [9.17, 15) is 4.79 Å². The van der Waals surface area contributed by atoms with Gasteiger partial charge >= 0.3 is 5.97 Å². The summed E-state index contributed by atoms with van der Waals surface area (Å²) in [6, 6.07) is 0.